The highest BCUT2D eigenvalue weighted by Crippen LogP contribution is 2.21. The van der Waals surface area contributed by atoms with E-state index in [1.807, 2.05) is 75.4 Å². The molecule has 0 bridgehead atoms. The topological polar surface area (TPSA) is 79.0 Å². The van der Waals surface area contributed by atoms with Gasteiger partial charge < -0.3 is 19.9 Å². The average Bonchev–Trinajstić information content (AvgIpc) is 2.73. The molecule has 1 N–H and O–H groups in total. The summed E-state index contributed by atoms with van der Waals surface area (Å²) in [6, 6.07) is 17.5. The van der Waals surface area contributed by atoms with Crippen molar-refractivity contribution in [3.05, 3.63) is 54.6 Å². The van der Waals surface area contributed by atoms with Crippen molar-refractivity contribution in [1.82, 2.24) is 9.80 Å². The Labute approximate surface area is 183 Å². The zero-order chi connectivity index (χ0) is 22.4. The van der Waals surface area contributed by atoms with E-state index in [-0.39, 0.29) is 24.3 Å². The lowest BCUT2D eigenvalue weighted by Crippen LogP contribution is -2.52. The maximum atomic E-state index is 12.5. The number of rotatable bonds is 4. The molecule has 1 aliphatic heterocycles. The van der Waals surface area contributed by atoms with Crippen LogP contribution in [0.15, 0.2) is 54.6 Å². The van der Waals surface area contributed by atoms with E-state index in [9.17, 15) is 14.4 Å². The van der Waals surface area contributed by atoms with Gasteiger partial charge in [-0.05, 0) is 44.0 Å². The summed E-state index contributed by atoms with van der Waals surface area (Å²) in [7, 11) is 0. The minimum absolute atomic E-state index is 0.229. The van der Waals surface area contributed by atoms with E-state index in [0.717, 1.165) is 11.1 Å². The fourth-order valence-electron chi connectivity index (χ4n) is 3.30. The Hall–Kier alpha value is -3.35. The second-order valence-corrected chi connectivity index (χ2v) is 8.52. The van der Waals surface area contributed by atoms with E-state index >= 15 is 0 Å². The first kappa shape index (κ1) is 22.3. The molecule has 31 heavy (non-hydrogen) atoms. The van der Waals surface area contributed by atoms with Crippen molar-refractivity contribution >= 4 is 23.6 Å². The van der Waals surface area contributed by atoms with Crippen molar-refractivity contribution < 1.29 is 19.1 Å². The second kappa shape index (κ2) is 9.64. The number of ether oxygens (including phenoxy) is 1. The fourth-order valence-corrected chi connectivity index (χ4v) is 3.30. The van der Waals surface area contributed by atoms with Crippen molar-refractivity contribution in [2.24, 2.45) is 0 Å². The van der Waals surface area contributed by atoms with Crippen LogP contribution in [0.1, 0.15) is 27.2 Å². The Balaban J connectivity index is 1.46. The van der Waals surface area contributed by atoms with Crippen LogP contribution in [-0.2, 0) is 14.3 Å². The Bertz CT molecular complexity index is 912. The molecule has 0 radical (unpaired) electrons. The minimum atomic E-state index is -0.554. The standard InChI is InChI=1S/C24H29N3O4/c1-24(2,3)31-23(30)27-15-13-26(14-16-27)22(29)17-21(28)25-20-11-9-19(10-12-20)18-7-5-4-6-8-18/h4-12H,13-17H2,1-3H3,(H,25,28). The van der Waals surface area contributed by atoms with E-state index in [1.54, 1.807) is 9.80 Å². The number of nitrogens with one attached hydrogen (secondary N) is 1. The molecule has 2 aromatic rings. The summed E-state index contributed by atoms with van der Waals surface area (Å²) in [5.41, 5.74) is 2.24. The molecule has 0 saturated carbocycles. The highest BCUT2D eigenvalue weighted by atomic mass is 16.6. The highest BCUT2D eigenvalue weighted by Gasteiger charge is 2.28. The molecular formula is C24H29N3O4. The first-order valence-electron chi connectivity index (χ1n) is 10.4. The summed E-state index contributed by atoms with van der Waals surface area (Å²) < 4.78 is 5.36. The van der Waals surface area contributed by atoms with Gasteiger partial charge in [0.05, 0.1) is 0 Å². The van der Waals surface area contributed by atoms with Crippen molar-refractivity contribution in [3.8, 4) is 11.1 Å². The Morgan fingerprint density at radius 2 is 1.39 bits per heavy atom. The van der Waals surface area contributed by atoms with E-state index in [4.69, 9.17) is 4.74 Å². The van der Waals surface area contributed by atoms with Crippen LogP contribution in [0.4, 0.5) is 10.5 Å². The predicted octanol–water partition coefficient (Wildman–Crippen LogP) is 3.76. The molecule has 1 heterocycles. The fraction of sp³-hybridized carbons (Fsp3) is 0.375. The molecule has 0 spiro atoms. The van der Waals surface area contributed by atoms with Gasteiger partial charge in [-0.2, -0.15) is 0 Å². The minimum Gasteiger partial charge on any atom is -0.444 e. The van der Waals surface area contributed by atoms with E-state index in [1.165, 1.54) is 0 Å². The first-order chi connectivity index (χ1) is 14.7. The molecule has 1 fully saturated rings. The third kappa shape index (κ3) is 6.57. The van der Waals surface area contributed by atoms with E-state index in [2.05, 4.69) is 5.32 Å². The lowest BCUT2D eigenvalue weighted by atomic mass is 10.1. The molecular weight excluding hydrogens is 394 g/mol. The van der Waals surface area contributed by atoms with Gasteiger partial charge in [0.1, 0.15) is 12.0 Å². The van der Waals surface area contributed by atoms with E-state index in [0.29, 0.717) is 31.9 Å². The summed E-state index contributed by atoms with van der Waals surface area (Å²) in [4.78, 5) is 40.1. The van der Waals surface area contributed by atoms with Crippen molar-refractivity contribution in [1.29, 1.82) is 0 Å². The average molecular weight is 424 g/mol. The van der Waals surface area contributed by atoms with Crippen LogP contribution in [0.5, 0.6) is 0 Å². The Morgan fingerprint density at radius 1 is 0.839 bits per heavy atom. The van der Waals surface area contributed by atoms with Crippen molar-refractivity contribution in [3.63, 3.8) is 0 Å². The van der Waals surface area contributed by atoms with E-state index < -0.39 is 5.60 Å². The van der Waals surface area contributed by atoms with Gasteiger partial charge in [0.25, 0.3) is 0 Å². The molecule has 3 amide bonds. The molecule has 0 aromatic heterocycles. The van der Waals surface area contributed by atoms with Gasteiger partial charge >= 0.3 is 6.09 Å². The number of amides is 3. The molecule has 3 rings (SSSR count). The second-order valence-electron chi connectivity index (χ2n) is 8.52. The summed E-state index contributed by atoms with van der Waals surface area (Å²) in [5.74, 6) is -0.603. The summed E-state index contributed by atoms with van der Waals surface area (Å²) in [6.07, 6.45) is -0.608. The number of anilines is 1. The molecule has 7 heteroatoms. The number of hydrogen-bond donors (Lipinski definition) is 1. The van der Waals surface area contributed by atoms with Crippen molar-refractivity contribution in [2.45, 2.75) is 32.8 Å². The monoisotopic (exact) mass is 423 g/mol. The number of carbonyl (C=O) groups is 3. The quantitative estimate of drug-likeness (QED) is 0.760. The maximum Gasteiger partial charge on any atom is 0.410 e. The van der Waals surface area contributed by atoms with Gasteiger partial charge in [0.2, 0.25) is 11.8 Å². The third-order valence-electron chi connectivity index (χ3n) is 4.87. The molecule has 2 aromatic carbocycles. The van der Waals surface area contributed by atoms with Crippen LogP contribution in [-0.4, -0.2) is 59.5 Å². The summed E-state index contributed by atoms with van der Waals surface area (Å²) in [5, 5.41) is 2.77. The molecule has 0 atom stereocenters. The third-order valence-corrected chi connectivity index (χ3v) is 4.87. The van der Waals surface area contributed by atoms with Crippen LogP contribution in [0, 0.1) is 0 Å². The summed E-state index contributed by atoms with van der Waals surface area (Å²) in [6.45, 7) is 7.01. The van der Waals surface area contributed by atoms with Crippen LogP contribution >= 0.6 is 0 Å². The molecule has 1 saturated heterocycles. The highest BCUT2D eigenvalue weighted by molar-refractivity contribution is 6.03. The molecule has 0 unspecified atom stereocenters. The van der Waals surface area contributed by atoms with Crippen LogP contribution in [0.25, 0.3) is 11.1 Å². The lowest BCUT2D eigenvalue weighted by molar-refractivity contribution is -0.136. The van der Waals surface area contributed by atoms with Crippen molar-refractivity contribution in [2.75, 3.05) is 31.5 Å². The van der Waals surface area contributed by atoms with Crippen LogP contribution < -0.4 is 5.32 Å². The molecule has 164 valence electrons. The first-order valence-corrected chi connectivity index (χ1v) is 10.4. The molecule has 7 nitrogen and oxygen atoms in total. The van der Waals surface area contributed by atoms with Crippen LogP contribution in [0.2, 0.25) is 0 Å². The van der Waals surface area contributed by atoms with Gasteiger partial charge in [-0.15, -0.1) is 0 Å². The summed E-state index contributed by atoms with van der Waals surface area (Å²) >= 11 is 0. The molecule has 0 aliphatic carbocycles. The molecule has 1 aliphatic rings. The number of nitrogens with zero attached hydrogens (tertiary/aromatic N) is 2. The zero-order valence-corrected chi connectivity index (χ0v) is 18.3. The number of carbonyl (C=O) groups excluding carboxylic acids is 3. The van der Waals surface area contributed by atoms with Gasteiger partial charge in [0, 0.05) is 31.9 Å². The number of hydrogen-bond acceptors (Lipinski definition) is 4. The van der Waals surface area contributed by atoms with Gasteiger partial charge in [-0.25, -0.2) is 4.79 Å². The van der Waals surface area contributed by atoms with Gasteiger partial charge in [-0.1, -0.05) is 42.5 Å². The van der Waals surface area contributed by atoms with Gasteiger partial charge in [0.15, 0.2) is 0 Å². The van der Waals surface area contributed by atoms with Crippen LogP contribution in [0.3, 0.4) is 0 Å². The van der Waals surface area contributed by atoms with Gasteiger partial charge in [-0.3, -0.25) is 9.59 Å². The Morgan fingerprint density at radius 3 is 1.97 bits per heavy atom. The SMILES string of the molecule is CC(C)(C)OC(=O)N1CCN(C(=O)CC(=O)Nc2ccc(-c3ccccc3)cc2)CC1. The maximum absolute atomic E-state index is 12.5. The smallest absolute Gasteiger partial charge is 0.410 e. The number of benzene rings is 2. The normalized spacial score (nSPS) is 14.2. The zero-order valence-electron chi connectivity index (χ0n) is 18.3. The largest absolute Gasteiger partial charge is 0.444 e. The number of piperazine rings is 1. The Kier molecular flexibility index (Phi) is 6.95. The predicted molar refractivity (Wildman–Crippen MR) is 120 cm³/mol. The lowest BCUT2D eigenvalue weighted by Gasteiger charge is -2.35.